The van der Waals surface area contributed by atoms with E-state index < -0.39 is 17.5 Å². The van der Waals surface area contributed by atoms with Crippen LogP contribution in [0.25, 0.3) is 27.5 Å². The molecule has 2 N–H and O–H groups in total. The van der Waals surface area contributed by atoms with E-state index in [1.165, 1.54) is 41.2 Å². The molecule has 32 heavy (non-hydrogen) atoms. The maximum Gasteiger partial charge on any atom is 0.280 e. The number of nitrogens with zero attached hydrogens (tertiary/aromatic N) is 2. The molecule has 0 spiro atoms. The molecule has 0 atom stereocenters. The summed E-state index contributed by atoms with van der Waals surface area (Å²) in [5.41, 5.74) is 2.36. The van der Waals surface area contributed by atoms with Crippen LogP contribution in [0.2, 0.25) is 0 Å². The predicted molar refractivity (Wildman–Crippen MR) is 118 cm³/mol. The van der Waals surface area contributed by atoms with Gasteiger partial charge in [0.15, 0.2) is 0 Å². The van der Waals surface area contributed by atoms with Crippen LogP contribution in [-0.2, 0) is 0 Å². The minimum absolute atomic E-state index is 0.322. The molecule has 5 aromatic rings. The van der Waals surface area contributed by atoms with Crippen molar-refractivity contribution in [2.75, 3.05) is 5.32 Å². The van der Waals surface area contributed by atoms with Gasteiger partial charge in [0.2, 0.25) is 0 Å². The molecule has 0 saturated carbocycles. The average Bonchev–Trinajstić information content (AvgIpc) is 3.13. The topological polar surface area (TPSA) is 79.8 Å². The maximum atomic E-state index is 13.8. The highest BCUT2D eigenvalue weighted by Gasteiger charge is 2.15. The van der Waals surface area contributed by atoms with E-state index in [1.54, 1.807) is 37.3 Å². The van der Waals surface area contributed by atoms with Gasteiger partial charge in [0.25, 0.3) is 11.5 Å². The van der Waals surface area contributed by atoms with Crippen LogP contribution >= 0.6 is 0 Å². The largest absolute Gasteiger partial charge is 0.322 e. The highest BCUT2D eigenvalue weighted by molar-refractivity contribution is 6.10. The van der Waals surface area contributed by atoms with E-state index in [-0.39, 0.29) is 5.56 Å². The highest BCUT2D eigenvalue weighted by atomic mass is 19.1. The van der Waals surface area contributed by atoms with Gasteiger partial charge < -0.3 is 5.32 Å². The Morgan fingerprint density at radius 3 is 2.53 bits per heavy atom. The van der Waals surface area contributed by atoms with E-state index in [1.807, 2.05) is 0 Å². The first-order chi connectivity index (χ1) is 15.4. The summed E-state index contributed by atoms with van der Waals surface area (Å²) in [6, 6.07) is 14.9. The number of amides is 1. The van der Waals surface area contributed by atoms with E-state index in [9.17, 15) is 18.4 Å². The first-order valence-corrected chi connectivity index (χ1v) is 9.77. The van der Waals surface area contributed by atoms with Crippen LogP contribution in [0.15, 0.2) is 71.7 Å². The molecule has 6 nitrogen and oxygen atoms in total. The Morgan fingerprint density at radius 1 is 1.00 bits per heavy atom. The van der Waals surface area contributed by atoms with Crippen molar-refractivity contribution in [2.24, 2.45) is 0 Å². The van der Waals surface area contributed by atoms with Gasteiger partial charge in [-0.15, -0.1) is 0 Å². The lowest BCUT2D eigenvalue weighted by Gasteiger charge is -2.07. The van der Waals surface area contributed by atoms with E-state index >= 15 is 0 Å². The fourth-order valence-corrected chi connectivity index (χ4v) is 3.55. The number of aryl methyl sites for hydroxylation is 1. The van der Waals surface area contributed by atoms with Crippen molar-refractivity contribution in [1.29, 1.82) is 0 Å². The molecule has 158 valence electrons. The number of benzene rings is 3. The van der Waals surface area contributed by atoms with E-state index in [2.05, 4.69) is 15.4 Å². The van der Waals surface area contributed by atoms with Gasteiger partial charge in [-0.3, -0.25) is 19.7 Å². The van der Waals surface area contributed by atoms with Crippen molar-refractivity contribution < 1.29 is 13.6 Å². The Balaban J connectivity index is 1.59. The van der Waals surface area contributed by atoms with Crippen LogP contribution in [0, 0.1) is 18.6 Å². The summed E-state index contributed by atoms with van der Waals surface area (Å²) < 4.78 is 28.4. The Hall–Kier alpha value is -4.33. The normalized spacial score (nSPS) is 11.2. The van der Waals surface area contributed by atoms with Crippen LogP contribution in [-0.4, -0.2) is 20.7 Å². The van der Waals surface area contributed by atoms with Gasteiger partial charge in [-0.1, -0.05) is 6.07 Å². The number of carbonyl (C=O) groups is 1. The summed E-state index contributed by atoms with van der Waals surface area (Å²) in [5.74, 6) is -1.24. The highest BCUT2D eigenvalue weighted by Crippen LogP contribution is 2.23. The van der Waals surface area contributed by atoms with Crippen LogP contribution < -0.4 is 10.9 Å². The van der Waals surface area contributed by atoms with Gasteiger partial charge in [-0.05, 0) is 67.1 Å². The quantitative estimate of drug-likeness (QED) is 0.435. The molecule has 2 aromatic heterocycles. The summed E-state index contributed by atoms with van der Waals surface area (Å²) in [6.07, 6.45) is 1.46. The molecule has 0 bridgehead atoms. The van der Waals surface area contributed by atoms with Crippen molar-refractivity contribution in [3.05, 3.63) is 100.0 Å². The first-order valence-electron chi connectivity index (χ1n) is 9.77. The summed E-state index contributed by atoms with van der Waals surface area (Å²) >= 11 is 0. The van der Waals surface area contributed by atoms with Gasteiger partial charge in [0.1, 0.15) is 11.6 Å². The third-order valence-corrected chi connectivity index (χ3v) is 5.30. The van der Waals surface area contributed by atoms with Crippen molar-refractivity contribution in [1.82, 2.24) is 14.8 Å². The third-order valence-electron chi connectivity index (χ3n) is 5.30. The van der Waals surface area contributed by atoms with Crippen LogP contribution in [0.4, 0.5) is 14.5 Å². The molecule has 0 unspecified atom stereocenters. The zero-order valence-electron chi connectivity index (χ0n) is 16.8. The lowest BCUT2D eigenvalue weighted by atomic mass is 10.1. The Kier molecular flexibility index (Phi) is 4.55. The van der Waals surface area contributed by atoms with E-state index in [4.69, 9.17) is 0 Å². The second kappa shape index (κ2) is 7.42. The number of pyridine rings is 1. The molecule has 0 aliphatic heterocycles. The molecule has 8 heteroatoms. The smallest absolute Gasteiger partial charge is 0.280 e. The van der Waals surface area contributed by atoms with Gasteiger partial charge in [-0.25, -0.2) is 13.5 Å². The summed E-state index contributed by atoms with van der Waals surface area (Å²) in [4.78, 5) is 29.9. The Labute approximate surface area is 180 Å². The number of halogens is 2. The summed E-state index contributed by atoms with van der Waals surface area (Å²) in [6.45, 7) is 1.64. The number of anilines is 1. The number of nitrogens with one attached hydrogen (secondary N) is 2. The van der Waals surface area contributed by atoms with Crippen LogP contribution in [0.1, 0.15) is 15.9 Å². The number of fused-ring (bicyclic) bond motifs is 3. The summed E-state index contributed by atoms with van der Waals surface area (Å²) in [7, 11) is 0. The van der Waals surface area contributed by atoms with Gasteiger partial charge in [0.05, 0.1) is 22.1 Å². The maximum absolute atomic E-state index is 13.8. The monoisotopic (exact) mass is 430 g/mol. The first kappa shape index (κ1) is 19.6. The minimum Gasteiger partial charge on any atom is -0.322 e. The number of H-pyrrole nitrogens is 1. The average molecular weight is 430 g/mol. The molecule has 0 radical (unpaired) electrons. The van der Waals surface area contributed by atoms with Crippen molar-refractivity contribution in [3.63, 3.8) is 0 Å². The number of aromatic amines is 1. The lowest BCUT2D eigenvalue weighted by molar-refractivity contribution is 0.102. The standard InChI is InChI=1S/C24H16F2N4O2/c1-13-2-6-16(11-20(13)26)28-23(31)14-3-9-21-18(10-14)22-19(12-27-21)24(32)30(29-22)17-7-4-15(25)5-8-17/h2-12,29H,1H3,(H,28,31). The predicted octanol–water partition coefficient (Wildman–Crippen LogP) is 4.71. The molecule has 2 heterocycles. The minimum atomic E-state index is -0.424. The molecule has 5 rings (SSSR count). The Bertz CT molecular complexity index is 1570. The lowest BCUT2D eigenvalue weighted by Crippen LogP contribution is -2.14. The number of rotatable bonds is 3. The number of aromatic nitrogens is 3. The van der Waals surface area contributed by atoms with Crippen molar-refractivity contribution in [3.8, 4) is 5.69 Å². The van der Waals surface area contributed by atoms with E-state index in [0.717, 1.165) is 0 Å². The molecule has 3 aromatic carbocycles. The zero-order chi connectivity index (χ0) is 22.4. The zero-order valence-corrected chi connectivity index (χ0v) is 16.8. The number of carbonyl (C=O) groups excluding carboxylic acids is 1. The molecule has 0 aliphatic carbocycles. The van der Waals surface area contributed by atoms with Crippen molar-refractivity contribution >= 4 is 33.4 Å². The van der Waals surface area contributed by atoms with Gasteiger partial charge >= 0.3 is 0 Å². The second-order valence-electron chi connectivity index (χ2n) is 7.43. The van der Waals surface area contributed by atoms with Crippen LogP contribution in [0.3, 0.4) is 0 Å². The number of hydrogen-bond acceptors (Lipinski definition) is 3. The molecular formula is C24H16F2N4O2. The Morgan fingerprint density at radius 2 is 1.78 bits per heavy atom. The number of hydrogen-bond donors (Lipinski definition) is 2. The SMILES string of the molecule is Cc1ccc(NC(=O)c2ccc3ncc4c(=O)n(-c5ccc(F)cc5)[nH]c4c3c2)cc1F. The molecular weight excluding hydrogens is 414 g/mol. The molecule has 1 amide bonds. The third kappa shape index (κ3) is 3.31. The summed E-state index contributed by atoms with van der Waals surface area (Å²) in [5, 5.41) is 6.61. The second-order valence-corrected chi connectivity index (χ2v) is 7.43. The fourth-order valence-electron chi connectivity index (χ4n) is 3.55. The van der Waals surface area contributed by atoms with Gasteiger partial charge in [-0.2, -0.15) is 0 Å². The van der Waals surface area contributed by atoms with E-state index in [0.29, 0.717) is 44.3 Å². The molecule has 0 aliphatic rings. The fraction of sp³-hybridized carbons (Fsp3) is 0.0417. The molecule has 0 saturated heterocycles. The molecule has 0 fully saturated rings. The van der Waals surface area contributed by atoms with Gasteiger partial charge in [0, 0.05) is 22.8 Å². The van der Waals surface area contributed by atoms with Crippen molar-refractivity contribution in [2.45, 2.75) is 6.92 Å². The van der Waals surface area contributed by atoms with Crippen LogP contribution in [0.5, 0.6) is 0 Å².